The van der Waals surface area contributed by atoms with Crippen LogP contribution in [0.25, 0.3) is 11.1 Å². The van der Waals surface area contributed by atoms with Gasteiger partial charge in [0, 0.05) is 35.9 Å². The predicted molar refractivity (Wildman–Crippen MR) is 113 cm³/mol. The normalized spacial score (nSPS) is 18.2. The summed E-state index contributed by atoms with van der Waals surface area (Å²) in [6, 6.07) is 10.9. The first-order valence-electron chi connectivity index (χ1n) is 10.5. The van der Waals surface area contributed by atoms with Gasteiger partial charge in [0.2, 0.25) is 5.91 Å². The van der Waals surface area contributed by atoms with E-state index >= 15 is 0 Å². The largest absolute Gasteiger partial charge is 0.453 e. The van der Waals surface area contributed by atoms with E-state index in [0.29, 0.717) is 11.8 Å². The molecule has 0 bridgehead atoms. The summed E-state index contributed by atoms with van der Waals surface area (Å²) in [5.74, 6) is 0.359. The molecule has 2 heterocycles. The average molecular weight is 405 g/mol. The molecule has 2 aromatic carbocycles. The van der Waals surface area contributed by atoms with Crippen molar-refractivity contribution >= 4 is 11.6 Å². The van der Waals surface area contributed by atoms with Crippen molar-refractivity contribution in [3.8, 4) is 22.6 Å². The molecule has 1 fully saturated rings. The Kier molecular flexibility index (Phi) is 4.57. The molecule has 2 aliphatic rings. The molecular weight excluding hydrogens is 381 g/mol. The molecule has 1 amide bonds. The summed E-state index contributed by atoms with van der Waals surface area (Å²) in [5, 5.41) is 4.51. The lowest BCUT2D eigenvalue weighted by atomic mass is 9.92. The fourth-order valence-corrected chi connectivity index (χ4v) is 4.28. The van der Waals surface area contributed by atoms with E-state index in [1.165, 1.54) is 6.07 Å². The predicted octanol–water partition coefficient (Wildman–Crippen LogP) is 5.50. The molecule has 154 valence electrons. The van der Waals surface area contributed by atoms with Crippen LogP contribution in [0, 0.1) is 5.82 Å². The summed E-state index contributed by atoms with van der Waals surface area (Å²) >= 11 is 0. The SMILES string of the molecule is CC(=O)N1c2ccc(-c3cnn(C4CC4)c3)c(Oc3ccccc3F)c2CCC1C. The second-order valence-electron chi connectivity index (χ2n) is 8.19. The van der Waals surface area contributed by atoms with Crippen molar-refractivity contribution in [2.75, 3.05) is 4.90 Å². The molecule has 1 aliphatic heterocycles. The maximum Gasteiger partial charge on any atom is 0.224 e. The molecule has 1 atom stereocenters. The van der Waals surface area contributed by atoms with E-state index in [-0.39, 0.29) is 17.7 Å². The van der Waals surface area contributed by atoms with Crippen molar-refractivity contribution in [1.82, 2.24) is 9.78 Å². The van der Waals surface area contributed by atoms with Gasteiger partial charge >= 0.3 is 0 Å². The van der Waals surface area contributed by atoms with E-state index in [1.54, 1.807) is 25.1 Å². The fraction of sp³-hybridized carbons (Fsp3) is 0.333. The Morgan fingerprint density at radius 1 is 1.17 bits per heavy atom. The summed E-state index contributed by atoms with van der Waals surface area (Å²) in [7, 11) is 0. The van der Waals surface area contributed by atoms with Crippen LogP contribution < -0.4 is 9.64 Å². The van der Waals surface area contributed by atoms with Gasteiger partial charge in [-0.25, -0.2) is 4.39 Å². The Bertz CT molecular complexity index is 1120. The number of ether oxygens (including phenoxy) is 1. The topological polar surface area (TPSA) is 47.4 Å². The number of aromatic nitrogens is 2. The monoisotopic (exact) mass is 405 g/mol. The Balaban J connectivity index is 1.66. The third-order valence-electron chi connectivity index (χ3n) is 5.97. The van der Waals surface area contributed by atoms with Crippen molar-refractivity contribution in [1.29, 1.82) is 0 Å². The highest BCUT2D eigenvalue weighted by molar-refractivity contribution is 5.95. The molecule has 1 aromatic heterocycles. The first-order chi connectivity index (χ1) is 14.5. The molecule has 3 aromatic rings. The van der Waals surface area contributed by atoms with E-state index in [9.17, 15) is 9.18 Å². The average Bonchev–Trinajstić information content (AvgIpc) is 3.46. The van der Waals surface area contributed by atoms with Gasteiger partial charge in [0.05, 0.1) is 17.9 Å². The number of nitrogens with zero attached hydrogens (tertiary/aromatic N) is 3. The van der Waals surface area contributed by atoms with E-state index in [1.807, 2.05) is 34.1 Å². The van der Waals surface area contributed by atoms with Crippen LogP contribution in [0.1, 0.15) is 44.7 Å². The highest BCUT2D eigenvalue weighted by Gasteiger charge is 2.31. The Morgan fingerprint density at radius 3 is 2.70 bits per heavy atom. The highest BCUT2D eigenvalue weighted by atomic mass is 19.1. The number of rotatable bonds is 4. The summed E-state index contributed by atoms with van der Waals surface area (Å²) in [6.07, 6.45) is 7.74. The van der Waals surface area contributed by atoms with Gasteiger partial charge in [0.15, 0.2) is 11.6 Å². The molecule has 0 saturated heterocycles. The minimum Gasteiger partial charge on any atom is -0.453 e. The number of hydrogen-bond donors (Lipinski definition) is 0. The standard InChI is InChI=1S/C24H24FN3O2/c1-15-7-10-20-22(28(15)16(2)29)12-11-19(17-13-26-27(14-17)18-8-9-18)24(20)30-23-6-4-3-5-21(23)25/h3-6,11-15,18H,7-10H2,1-2H3. The second kappa shape index (κ2) is 7.27. The van der Waals surface area contributed by atoms with Crippen molar-refractivity contribution < 1.29 is 13.9 Å². The van der Waals surface area contributed by atoms with Gasteiger partial charge in [-0.2, -0.15) is 5.10 Å². The molecule has 1 unspecified atom stereocenters. The fourth-order valence-electron chi connectivity index (χ4n) is 4.28. The van der Waals surface area contributed by atoms with Crippen molar-refractivity contribution in [3.05, 3.63) is 60.2 Å². The zero-order chi connectivity index (χ0) is 20.8. The van der Waals surface area contributed by atoms with Gasteiger partial charge in [-0.3, -0.25) is 9.48 Å². The van der Waals surface area contributed by atoms with E-state index < -0.39 is 5.82 Å². The summed E-state index contributed by atoms with van der Waals surface area (Å²) in [5.41, 5.74) is 3.57. The number of carbonyl (C=O) groups excluding carboxylic acids is 1. The maximum atomic E-state index is 14.4. The number of anilines is 1. The first-order valence-corrected chi connectivity index (χ1v) is 10.5. The van der Waals surface area contributed by atoms with Crippen LogP contribution >= 0.6 is 0 Å². The van der Waals surface area contributed by atoms with Crippen LogP contribution in [0.4, 0.5) is 10.1 Å². The van der Waals surface area contributed by atoms with Crippen molar-refractivity contribution in [3.63, 3.8) is 0 Å². The molecule has 1 saturated carbocycles. The molecular formula is C24H24FN3O2. The quantitative estimate of drug-likeness (QED) is 0.575. The third-order valence-corrected chi connectivity index (χ3v) is 5.97. The zero-order valence-corrected chi connectivity index (χ0v) is 17.1. The molecule has 1 aliphatic carbocycles. The van der Waals surface area contributed by atoms with E-state index in [0.717, 1.165) is 48.1 Å². The Morgan fingerprint density at radius 2 is 1.97 bits per heavy atom. The molecule has 30 heavy (non-hydrogen) atoms. The lowest BCUT2D eigenvalue weighted by Gasteiger charge is -2.36. The van der Waals surface area contributed by atoms with Gasteiger partial charge in [-0.15, -0.1) is 0 Å². The lowest BCUT2D eigenvalue weighted by Crippen LogP contribution is -2.40. The smallest absolute Gasteiger partial charge is 0.224 e. The van der Waals surface area contributed by atoms with E-state index in [4.69, 9.17) is 4.74 Å². The molecule has 0 radical (unpaired) electrons. The van der Waals surface area contributed by atoms with Gasteiger partial charge in [-0.1, -0.05) is 12.1 Å². The number of fused-ring (bicyclic) bond motifs is 1. The summed E-state index contributed by atoms with van der Waals surface area (Å²) < 4.78 is 22.6. The van der Waals surface area contributed by atoms with Crippen LogP contribution in [0.15, 0.2) is 48.8 Å². The van der Waals surface area contributed by atoms with E-state index in [2.05, 4.69) is 12.0 Å². The number of halogens is 1. The van der Waals surface area contributed by atoms with Gasteiger partial charge in [-0.05, 0) is 56.9 Å². The molecule has 5 rings (SSSR count). The first kappa shape index (κ1) is 18.9. The third kappa shape index (κ3) is 3.26. The number of hydrogen-bond acceptors (Lipinski definition) is 3. The van der Waals surface area contributed by atoms with Crippen LogP contribution in [-0.4, -0.2) is 21.7 Å². The lowest BCUT2D eigenvalue weighted by molar-refractivity contribution is -0.117. The minimum atomic E-state index is -0.415. The molecule has 6 heteroatoms. The van der Waals surface area contributed by atoms with Crippen LogP contribution in [0.2, 0.25) is 0 Å². The van der Waals surface area contributed by atoms with Gasteiger partial charge in [0.1, 0.15) is 5.75 Å². The highest BCUT2D eigenvalue weighted by Crippen LogP contribution is 2.45. The number of amides is 1. The Labute approximate surface area is 175 Å². The number of para-hydroxylation sites is 1. The summed E-state index contributed by atoms with van der Waals surface area (Å²) in [4.78, 5) is 14.2. The minimum absolute atomic E-state index is 0.00500. The van der Waals surface area contributed by atoms with Crippen molar-refractivity contribution in [2.24, 2.45) is 0 Å². The summed E-state index contributed by atoms with van der Waals surface area (Å²) in [6.45, 7) is 3.63. The Hall–Kier alpha value is -3.15. The molecule has 5 nitrogen and oxygen atoms in total. The van der Waals surface area contributed by atoms with Crippen LogP contribution in [-0.2, 0) is 11.2 Å². The maximum absolute atomic E-state index is 14.4. The van der Waals surface area contributed by atoms with Crippen LogP contribution in [0.3, 0.4) is 0 Å². The molecule has 0 spiro atoms. The second-order valence-corrected chi connectivity index (χ2v) is 8.19. The van der Waals surface area contributed by atoms with Crippen molar-refractivity contribution in [2.45, 2.75) is 51.6 Å². The van der Waals surface area contributed by atoms with Gasteiger partial charge < -0.3 is 9.64 Å². The number of carbonyl (C=O) groups is 1. The number of benzene rings is 2. The van der Waals surface area contributed by atoms with Crippen LogP contribution in [0.5, 0.6) is 11.5 Å². The van der Waals surface area contributed by atoms with Gasteiger partial charge in [0.25, 0.3) is 0 Å². The molecule has 0 N–H and O–H groups in total. The zero-order valence-electron chi connectivity index (χ0n) is 17.1.